The lowest BCUT2D eigenvalue weighted by Crippen LogP contribution is -2.33. The van der Waals surface area contributed by atoms with Crippen molar-refractivity contribution in [2.24, 2.45) is 0 Å². The van der Waals surface area contributed by atoms with E-state index in [0.717, 1.165) is 19.4 Å². The van der Waals surface area contributed by atoms with Gasteiger partial charge in [-0.05, 0) is 36.0 Å². The molecule has 0 N–H and O–H groups in total. The van der Waals surface area contributed by atoms with Crippen LogP contribution in [0.15, 0.2) is 91.0 Å². The van der Waals surface area contributed by atoms with Gasteiger partial charge in [0.2, 0.25) is 0 Å². The summed E-state index contributed by atoms with van der Waals surface area (Å²) in [5.74, 6) is 0. The molecule has 3 heteroatoms. The first-order valence-corrected chi connectivity index (χ1v) is 13.2. The van der Waals surface area contributed by atoms with Gasteiger partial charge in [-0.3, -0.25) is 0 Å². The van der Waals surface area contributed by atoms with Crippen LogP contribution in [0.3, 0.4) is 0 Å². The van der Waals surface area contributed by atoms with Crippen LogP contribution < -0.4 is 0 Å². The zero-order valence-corrected chi connectivity index (χ0v) is 21.5. The molecule has 0 bridgehead atoms. The Morgan fingerprint density at radius 2 is 0.886 bits per heavy atom. The number of hydrogen-bond donors (Lipinski definition) is 0. The summed E-state index contributed by atoms with van der Waals surface area (Å²) in [6.07, 6.45) is 10.8. The average molecular weight is 475 g/mol. The van der Waals surface area contributed by atoms with E-state index in [-0.39, 0.29) is 6.29 Å². The molecule has 3 aromatic rings. The quantitative estimate of drug-likeness (QED) is 0.112. The van der Waals surface area contributed by atoms with Gasteiger partial charge >= 0.3 is 0 Å². The van der Waals surface area contributed by atoms with Crippen molar-refractivity contribution in [2.45, 2.75) is 69.7 Å². The van der Waals surface area contributed by atoms with Crippen molar-refractivity contribution >= 4 is 0 Å². The molecule has 0 aliphatic heterocycles. The third-order valence-corrected chi connectivity index (χ3v) is 6.72. The van der Waals surface area contributed by atoms with Crippen LogP contribution in [-0.2, 0) is 19.8 Å². The minimum atomic E-state index is -0.605. The van der Waals surface area contributed by atoms with E-state index in [1.165, 1.54) is 61.6 Å². The predicted molar refractivity (Wildman–Crippen MR) is 145 cm³/mol. The van der Waals surface area contributed by atoms with Gasteiger partial charge in [0.1, 0.15) is 5.60 Å². The van der Waals surface area contributed by atoms with Crippen LogP contribution in [0.25, 0.3) is 0 Å². The smallest absolute Gasteiger partial charge is 0.156 e. The van der Waals surface area contributed by atoms with E-state index in [4.69, 9.17) is 14.2 Å². The zero-order valence-electron chi connectivity index (χ0n) is 21.5. The van der Waals surface area contributed by atoms with Crippen LogP contribution in [0, 0.1) is 0 Å². The second-order valence-corrected chi connectivity index (χ2v) is 9.15. The van der Waals surface area contributed by atoms with Crippen molar-refractivity contribution in [3.8, 4) is 0 Å². The van der Waals surface area contributed by atoms with Gasteiger partial charge in [-0.25, -0.2) is 0 Å². The van der Waals surface area contributed by atoms with Gasteiger partial charge in [0.05, 0.1) is 0 Å². The molecule has 0 heterocycles. The Morgan fingerprint density at radius 3 is 1.29 bits per heavy atom. The number of rotatable bonds is 17. The van der Waals surface area contributed by atoms with Crippen LogP contribution in [0.1, 0.15) is 74.5 Å². The predicted octanol–water partition coefficient (Wildman–Crippen LogP) is 8.12. The van der Waals surface area contributed by atoms with E-state index in [2.05, 4.69) is 91.0 Å². The van der Waals surface area contributed by atoms with Crippen molar-refractivity contribution in [3.05, 3.63) is 108 Å². The number of methoxy groups -OCH3 is 2. The van der Waals surface area contributed by atoms with E-state index < -0.39 is 5.60 Å². The molecule has 0 atom stereocenters. The minimum Gasteiger partial charge on any atom is -0.361 e. The molecule has 3 rings (SSSR count). The lowest BCUT2D eigenvalue weighted by atomic mass is 9.80. The fraction of sp³-hybridized carbons (Fsp3) is 0.438. The van der Waals surface area contributed by atoms with Crippen LogP contribution in [0.4, 0.5) is 0 Å². The molecule has 0 spiro atoms. The van der Waals surface area contributed by atoms with Gasteiger partial charge in [0.15, 0.2) is 6.29 Å². The molecule has 0 saturated carbocycles. The Bertz CT molecular complexity index is 811. The minimum absolute atomic E-state index is 0.0511. The molecule has 3 nitrogen and oxygen atoms in total. The molecule has 0 amide bonds. The maximum Gasteiger partial charge on any atom is 0.156 e. The SMILES string of the molecule is COC(CCCCCCCCCCOC(c1ccccc1)(c1ccccc1)c1ccccc1)OC. The first-order chi connectivity index (χ1) is 17.3. The lowest BCUT2D eigenvalue weighted by Gasteiger charge is -2.36. The van der Waals surface area contributed by atoms with Crippen LogP contribution in [-0.4, -0.2) is 27.1 Å². The second kappa shape index (κ2) is 15.5. The summed E-state index contributed by atoms with van der Waals surface area (Å²) in [6, 6.07) is 31.9. The summed E-state index contributed by atoms with van der Waals surface area (Å²) in [7, 11) is 3.42. The highest BCUT2D eigenvalue weighted by molar-refractivity contribution is 5.47. The molecule has 0 fully saturated rings. The third kappa shape index (κ3) is 8.03. The summed E-state index contributed by atoms with van der Waals surface area (Å²) in [4.78, 5) is 0. The van der Waals surface area contributed by atoms with Gasteiger partial charge in [-0.2, -0.15) is 0 Å². The summed E-state index contributed by atoms with van der Waals surface area (Å²) < 4.78 is 17.4. The highest BCUT2D eigenvalue weighted by Gasteiger charge is 2.37. The Kier molecular flexibility index (Phi) is 12.0. The van der Waals surface area contributed by atoms with E-state index in [0.29, 0.717) is 0 Å². The highest BCUT2D eigenvalue weighted by Crippen LogP contribution is 2.40. The van der Waals surface area contributed by atoms with E-state index in [1.807, 2.05) is 0 Å². The van der Waals surface area contributed by atoms with Crippen molar-refractivity contribution in [1.29, 1.82) is 0 Å². The molecule has 0 aliphatic carbocycles. The van der Waals surface area contributed by atoms with Gasteiger partial charge in [0.25, 0.3) is 0 Å². The maximum atomic E-state index is 6.87. The van der Waals surface area contributed by atoms with Gasteiger partial charge < -0.3 is 14.2 Å². The summed E-state index contributed by atoms with van der Waals surface area (Å²) in [5, 5.41) is 0. The van der Waals surface area contributed by atoms with Gasteiger partial charge in [-0.1, -0.05) is 130 Å². The summed E-state index contributed by atoms with van der Waals surface area (Å²) in [6.45, 7) is 0.730. The molecular weight excluding hydrogens is 432 g/mol. The topological polar surface area (TPSA) is 27.7 Å². The second-order valence-electron chi connectivity index (χ2n) is 9.15. The molecule has 3 aromatic carbocycles. The largest absolute Gasteiger partial charge is 0.361 e. The molecule has 0 saturated heterocycles. The Hall–Kier alpha value is -2.46. The van der Waals surface area contributed by atoms with E-state index in [9.17, 15) is 0 Å². The highest BCUT2D eigenvalue weighted by atomic mass is 16.7. The Balaban J connectivity index is 1.53. The number of benzene rings is 3. The van der Waals surface area contributed by atoms with Crippen molar-refractivity contribution in [1.82, 2.24) is 0 Å². The monoisotopic (exact) mass is 474 g/mol. The fourth-order valence-electron chi connectivity index (χ4n) is 4.80. The number of ether oxygens (including phenoxy) is 3. The van der Waals surface area contributed by atoms with Crippen molar-refractivity contribution in [3.63, 3.8) is 0 Å². The van der Waals surface area contributed by atoms with Crippen LogP contribution in [0.2, 0.25) is 0 Å². The molecule has 0 aliphatic rings. The standard InChI is InChI=1S/C32H42O3/c1-33-31(34-2)26-18-7-5-3-4-6-8-19-27-35-32(28-20-12-9-13-21-28,29-22-14-10-15-23-29)30-24-16-11-17-25-30/h9-17,20-25,31H,3-8,18-19,26-27H2,1-2H3. The van der Waals surface area contributed by atoms with E-state index >= 15 is 0 Å². The lowest BCUT2D eigenvalue weighted by molar-refractivity contribution is -0.107. The summed E-state index contributed by atoms with van der Waals surface area (Å²) in [5.41, 5.74) is 2.90. The Morgan fingerprint density at radius 1 is 0.514 bits per heavy atom. The Labute approximate surface area is 212 Å². The van der Waals surface area contributed by atoms with Crippen molar-refractivity contribution in [2.75, 3.05) is 20.8 Å². The normalized spacial score (nSPS) is 11.7. The maximum absolute atomic E-state index is 6.87. The molecular formula is C32H42O3. The first kappa shape index (κ1) is 27.1. The van der Waals surface area contributed by atoms with E-state index in [1.54, 1.807) is 14.2 Å². The molecule has 35 heavy (non-hydrogen) atoms. The molecule has 0 radical (unpaired) electrons. The van der Waals surface area contributed by atoms with Crippen LogP contribution in [0.5, 0.6) is 0 Å². The van der Waals surface area contributed by atoms with Crippen molar-refractivity contribution < 1.29 is 14.2 Å². The first-order valence-electron chi connectivity index (χ1n) is 13.2. The van der Waals surface area contributed by atoms with Crippen LogP contribution >= 0.6 is 0 Å². The number of hydrogen-bond acceptors (Lipinski definition) is 3. The van der Waals surface area contributed by atoms with Gasteiger partial charge in [-0.15, -0.1) is 0 Å². The zero-order chi connectivity index (χ0) is 24.6. The molecule has 188 valence electrons. The number of unbranched alkanes of at least 4 members (excludes halogenated alkanes) is 7. The third-order valence-electron chi connectivity index (χ3n) is 6.72. The fourth-order valence-corrected chi connectivity index (χ4v) is 4.80. The molecule has 0 unspecified atom stereocenters. The average Bonchev–Trinajstić information content (AvgIpc) is 2.93. The van der Waals surface area contributed by atoms with Gasteiger partial charge in [0, 0.05) is 20.8 Å². The molecule has 0 aromatic heterocycles. The summed E-state index contributed by atoms with van der Waals surface area (Å²) >= 11 is 0.